The first-order valence-electron chi connectivity index (χ1n) is 3.81. The molecule has 0 bridgehead atoms. The molecule has 0 radical (unpaired) electrons. The van der Waals surface area contributed by atoms with Crippen LogP contribution in [0.4, 0.5) is 0 Å². The van der Waals surface area contributed by atoms with Crippen LogP contribution in [0.15, 0.2) is 29.0 Å². The molecule has 4 N–H and O–H groups in total. The molecule has 0 fully saturated rings. The number of rotatable bonds is 3. The SMILES string of the molecule is NC(=O)CC(O)C1=CNC=NC=C1. The molecule has 0 aromatic carbocycles. The Balaban J connectivity index is 2.60. The summed E-state index contributed by atoms with van der Waals surface area (Å²) in [5.74, 6) is -0.535. The number of aliphatic hydroxyl groups excluding tert-OH is 1. The summed E-state index contributed by atoms with van der Waals surface area (Å²) in [5.41, 5.74) is 5.52. The van der Waals surface area contributed by atoms with Gasteiger partial charge in [-0.15, -0.1) is 0 Å². The van der Waals surface area contributed by atoms with Gasteiger partial charge in [0.05, 0.1) is 18.9 Å². The molecule has 1 heterocycles. The number of amides is 1. The highest BCUT2D eigenvalue weighted by Gasteiger charge is 2.11. The van der Waals surface area contributed by atoms with Gasteiger partial charge in [0, 0.05) is 12.4 Å². The number of nitrogens with two attached hydrogens (primary N) is 1. The Morgan fingerprint density at radius 1 is 1.77 bits per heavy atom. The molecule has 1 aliphatic heterocycles. The van der Waals surface area contributed by atoms with E-state index in [2.05, 4.69) is 10.3 Å². The van der Waals surface area contributed by atoms with Crippen LogP contribution in [-0.4, -0.2) is 23.5 Å². The molecule has 1 atom stereocenters. The second kappa shape index (κ2) is 4.42. The van der Waals surface area contributed by atoms with Crippen molar-refractivity contribution >= 4 is 12.2 Å². The lowest BCUT2D eigenvalue weighted by atomic mass is 10.1. The van der Waals surface area contributed by atoms with Crippen molar-refractivity contribution in [1.29, 1.82) is 0 Å². The molecule has 5 heteroatoms. The van der Waals surface area contributed by atoms with Gasteiger partial charge < -0.3 is 16.2 Å². The van der Waals surface area contributed by atoms with E-state index in [-0.39, 0.29) is 6.42 Å². The van der Waals surface area contributed by atoms with Crippen molar-refractivity contribution < 1.29 is 9.90 Å². The molecule has 0 aromatic heterocycles. The molecule has 5 nitrogen and oxygen atoms in total. The number of hydrogen-bond donors (Lipinski definition) is 3. The number of carbonyl (C=O) groups is 1. The molecular weight excluding hydrogens is 170 g/mol. The second-order valence-electron chi connectivity index (χ2n) is 2.59. The van der Waals surface area contributed by atoms with Crippen molar-refractivity contribution in [2.24, 2.45) is 10.7 Å². The highest BCUT2D eigenvalue weighted by atomic mass is 16.3. The van der Waals surface area contributed by atoms with Gasteiger partial charge in [-0.25, -0.2) is 4.99 Å². The lowest BCUT2D eigenvalue weighted by molar-refractivity contribution is -0.119. The first-order valence-corrected chi connectivity index (χ1v) is 3.81. The zero-order valence-corrected chi connectivity index (χ0v) is 6.97. The van der Waals surface area contributed by atoms with Crippen molar-refractivity contribution in [2.45, 2.75) is 12.5 Å². The molecule has 1 amide bonds. The Labute approximate surface area is 75.6 Å². The summed E-state index contributed by atoms with van der Waals surface area (Å²) < 4.78 is 0. The maximum atomic E-state index is 10.5. The average molecular weight is 181 g/mol. The molecule has 0 saturated heterocycles. The molecule has 13 heavy (non-hydrogen) atoms. The molecule has 0 aliphatic carbocycles. The fraction of sp³-hybridized carbons (Fsp3) is 0.250. The minimum absolute atomic E-state index is 0.0855. The Morgan fingerprint density at radius 2 is 2.54 bits per heavy atom. The zero-order valence-electron chi connectivity index (χ0n) is 6.97. The quantitative estimate of drug-likeness (QED) is 0.535. The number of aliphatic imine (C=N–C) groups is 1. The van der Waals surface area contributed by atoms with Crippen LogP contribution in [-0.2, 0) is 4.79 Å². The summed E-state index contributed by atoms with van der Waals surface area (Å²) in [7, 11) is 0. The Kier molecular flexibility index (Phi) is 3.22. The van der Waals surface area contributed by atoms with Gasteiger partial charge in [-0.05, 0) is 11.6 Å². The van der Waals surface area contributed by atoms with E-state index in [0.717, 1.165) is 0 Å². The number of aliphatic hydroxyl groups is 1. The third-order valence-electron chi connectivity index (χ3n) is 1.53. The molecule has 0 saturated carbocycles. The highest BCUT2D eigenvalue weighted by molar-refractivity contribution is 5.75. The Bertz CT molecular complexity index is 281. The van der Waals surface area contributed by atoms with E-state index < -0.39 is 12.0 Å². The van der Waals surface area contributed by atoms with Crippen LogP contribution < -0.4 is 11.1 Å². The van der Waals surface area contributed by atoms with Crippen LogP contribution >= 0.6 is 0 Å². The predicted molar refractivity (Wildman–Crippen MR) is 48.7 cm³/mol. The van der Waals surface area contributed by atoms with Gasteiger partial charge >= 0.3 is 0 Å². The van der Waals surface area contributed by atoms with Crippen molar-refractivity contribution in [3.63, 3.8) is 0 Å². The van der Waals surface area contributed by atoms with Crippen LogP contribution in [0.3, 0.4) is 0 Å². The Hall–Kier alpha value is -1.62. The lowest BCUT2D eigenvalue weighted by Crippen LogP contribution is -2.21. The van der Waals surface area contributed by atoms with Crippen LogP contribution in [0, 0.1) is 0 Å². The third kappa shape index (κ3) is 3.08. The van der Waals surface area contributed by atoms with Crippen LogP contribution in [0.25, 0.3) is 0 Å². The summed E-state index contributed by atoms with van der Waals surface area (Å²) in [4.78, 5) is 14.3. The monoisotopic (exact) mass is 181 g/mol. The Morgan fingerprint density at radius 3 is 3.23 bits per heavy atom. The van der Waals surface area contributed by atoms with Crippen molar-refractivity contribution in [1.82, 2.24) is 5.32 Å². The third-order valence-corrected chi connectivity index (χ3v) is 1.53. The molecule has 1 unspecified atom stereocenters. The molecule has 1 aliphatic rings. The van der Waals surface area contributed by atoms with E-state index in [1.54, 1.807) is 12.3 Å². The van der Waals surface area contributed by atoms with Gasteiger partial charge in [0.25, 0.3) is 0 Å². The maximum absolute atomic E-state index is 10.5. The number of nitrogens with zero attached hydrogens (tertiary/aromatic N) is 1. The molecule has 1 rings (SSSR count). The first-order chi connectivity index (χ1) is 6.20. The highest BCUT2D eigenvalue weighted by Crippen LogP contribution is 2.08. The first kappa shape index (κ1) is 9.47. The minimum Gasteiger partial charge on any atom is -0.388 e. The van der Waals surface area contributed by atoms with Crippen molar-refractivity contribution in [3.8, 4) is 0 Å². The van der Waals surface area contributed by atoms with E-state index in [1.807, 2.05) is 0 Å². The summed E-state index contributed by atoms with van der Waals surface area (Å²) in [5, 5.41) is 12.2. The van der Waals surface area contributed by atoms with Crippen molar-refractivity contribution in [3.05, 3.63) is 24.0 Å². The minimum atomic E-state index is -0.872. The fourth-order valence-electron chi connectivity index (χ4n) is 0.912. The maximum Gasteiger partial charge on any atom is 0.220 e. The van der Waals surface area contributed by atoms with Crippen LogP contribution in [0.5, 0.6) is 0 Å². The number of hydrogen-bond acceptors (Lipinski definition) is 4. The topological polar surface area (TPSA) is 87.7 Å². The van der Waals surface area contributed by atoms with Crippen LogP contribution in [0.1, 0.15) is 6.42 Å². The average Bonchev–Trinajstić information content (AvgIpc) is 2.29. The summed E-state index contributed by atoms with van der Waals surface area (Å²) >= 11 is 0. The normalized spacial score (nSPS) is 17.2. The molecular formula is C8H11N3O2. The van der Waals surface area contributed by atoms with E-state index in [9.17, 15) is 9.90 Å². The largest absolute Gasteiger partial charge is 0.388 e. The van der Waals surface area contributed by atoms with E-state index in [1.165, 1.54) is 12.5 Å². The van der Waals surface area contributed by atoms with Crippen molar-refractivity contribution in [2.75, 3.05) is 0 Å². The van der Waals surface area contributed by atoms with Gasteiger partial charge in [0.1, 0.15) is 0 Å². The summed E-state index contributed by atoms with van der Waals surface area (Å²) in [6.45, 7) is 0. The predicted octanol–water partition coefficient (Wildman–Crippen LogP) is -0.748. The van der Waals surface area contributed by atoms with E-state index in [0.29, 0.717) is 5.57 Å². The van der Waals surface area contributed by atoms with Gasteiger partial charge in [-0.3, -0.25) is 4.79 Å². The zero-order chi connectivity index (χ0) is 9.68. The van der Waals surface area contributed by atoms with Crippen LogP contribution in [0.2, 0.25) is 0 Å². The summed E-state index contributed by atoms with van der Waals surface area (Å²) in [6, 6.07) is 0. The fourth-order valence-corrected chi connectivity index (χ4v) is 0.912. The standard InChI is InChI=1S/C8H11N3O2/c9-8(13)3-7(12)6-1-2-10-5-11-4-6/h1-2,4-5,7,12H,3H2,(H2,9,13)(H,10,11). The lowest BCUT2D eigenvalue weighted by Gasteiger charge is -2.08. The number of nitrogens with one attached hydrogen (secondary N) is 1. The number of carbonyl (C=O) groups excluding carboxylic acids is 1. The molecule has 70 valence electrons. The number of primary amides is 1. The van der Waals surface area contributed by atoms with E-state index in [4.69, 9.17) is 5.73 Å². The summed E-state index contributed by atoms with van der Waals surface area (Å²) in [6.07, 6.45) is 5.22. The van der Waals surface area contributed by atoms with Gasteiger partial charge in [0.15, 0.2) is 0 Å². The van der Waals surface area contributed by atoms with Gasteiger partial charge in [0.2, 0.25) is 5.91 Å². The van der Waals surface area contributed by atoms with Gasteiger partial charge in [-0.2, -0.15) is 0 Å². The van der Waals surface area contributed by atoms with E-state index >= 15 is 0 Å². The smallest absolute Gasteiger partial charge is 0.220 e. The second-order valence-corrected chi connectivity index (χ2v) is 2.59. The molecule has 0 aromatic rings. The molecule has 0 spiro atoms. The van der Waals surface area contributed by atoms with Gasteiger partial charge in [-0.1, -0.05) is 0 Å².